The number of benzene rings is 8. The highest BCUT2D eigenvalue weighted by Crippen LogP contribution is 2.42. The molecule has 0 fully saturated rings. The fourth-order valence-corrected chi connectivity index (χ4v) is 7.78. The van der Waals surface area contributed by atoms with Gasteiger partial charge in [-0.05, 0) is 74.6 Å². The molecule has 0 N–H and O–H groups in total. The quantitative estimate of drug-likeness (QED) is 0.175. The van der Waals surface area contributed by atoms with Crippen LogP contribution in [0.1, 0.15) is 0 Å². The first-order valence-electron chi connectivity index (χ1n) is 16.5. The molecule has 2 heterocycles. The molecule has 8 aromatic carbocycles. The third-order valence-electron chi connectivity index (χ3n) is 9.90. The molecule has 0 spiro atoms. The molecule has 0 saturated carbocycles. The summed E-state index contributed by atoms with van der Waals surface area (Å²) in [5.74, 6) is 0. The maximum atomic E-state index is 2.48. The molecule has 0 aliphatic rings. The molecule has 0 aliphatic carbocycles. The van der Waals surface area contributed by atoms with E-state index in [4.69, 9.17) is 0 Å². The highest BCUT2D eigenvalue weighted by Gasteiger charge is 2.21. The van der Waals surface area contributed by atoms with Gasteiger partial charge < -0.3 is 9.13 Å². The van der Waals surface area contributed by atoms with Crippen LogP contribution in [-0.4, -0.2) is 9.13 Å². The number of aromatic nitrogens is 2. The van der Waals surface area contributed by atoms with E-state index >= 15 is 0 Å². The molecule has 2 nitrogen and oxygen atoms in total. The van der Waals surface area contributed by atoms with Crippen LogP contribution >= 0.6 is 0 Å². The van der Waals surface area contributed by atoms with Crippen molar-refractivity contribution in [2.24, 2.45) is 0 Å². The maximum absolute atomic E-state index is 2.48. The van der Waals surface area contributed by atoms with Crippen molar-refractivity contribution in [2.75, 3.05) is 0 Å². The molecule has 0 aliphatic heterocycles. The van der Waals surface area contributed by atoms with Gasteiger partial charge in [0.1, 0.15) is 0 Å². The Bertz CT molecular complexity index is 2820. The molecule has 2 heteroatoms. The predicted molar refractivity (Wildman–Crippen MR) is 203 cm³/mol. The average Bonchev–Trinajstić information content (AvgIpc) is 3.72. The van der Waals surface area contributed by atoms with E-state index in [1.54, 1.807) is 0 Å². The van der Waals surface area contributed by atoms with Crippen molar-refractivity contribution in [3.05, 3.63) is 182 Å². The summed E-state index contributed by atoms with van der Waals surface area (Å²) >= 11 is 0. The number of hydrogen-bond acceptors (Lipinski definition) is 0. The van der Waals surface area contributed by atoms with Crippen molar-refractivity contribution in [1.82, 2.24) is 9.13 Å². The number of rotatable bonds is 4. The molecule has 10 aromatic rings. The molecular weight excluding hydrogens is 581 g/mol. The molecule has 0 bridgehead atoms. The number of hydrogen-bond donors (Lipinski definition) is 0. The standard InChI is InChI=1S/C46H30N2/c1-3-14-31(15-4-1)43-30-47(34-18-5-2-6-19-34)45-41(43)27-26-40-39-24-11-12-25-44(39)48(46(40)45)35-20-13-17-32(28-35)42-29-33-16-7-8-21-36(33)37-22-9-10-23-38(37)42/h1-30H. The van der Waals surface area contributed by atoms with Crippen LogP contribution in [0.4, 0.5) is 0 Å². The largest absolute Gasteiger partial charge is 0.314 e. The van der Waals surface area contributed by atoms with E-state index in [1.165, 1.54) is 76.5 Å². The molecule has 0 amide bonds. The Morgan fingerprint density at radius 3 is 1.79 bits per heavy atom. The Labute approximate surface area is 278 Å². The van der Waals surface area contributed by atoms with Crippen molar-refractivity contribution in [2.45, 2.75) is 0 Å². The highest BCUT2D eigenvalue weighted by molar-refractivity contribution is 6.20. The topological polar surface area (TPSA) is 9.86 Å². The Hall–Kier alpha value is -6.38. The van der Waals surface area contributed by atoms with Crippen LogP contribution < -0.4 is 0 Å². The average molecular weight is 611 g/mol. The summed E-state index contributed by atoms with van der Waals surface area (Å²) in [5, 5.41) is 8.82. The van der Waals surface area contributed by atoms with Gasteiger partial charge >= 0.3 is 0 Å². The zero-order valence-electron chi connectivity index (χ0n) is 26.2. The Kier molecular flexibility index (Phi) is 5.91. The molecule has 0 atom stereocenters. The SMILES string of the molecule is c1ccc(-c2cn(-c3ccccc3)c3c2ccc2c4ccccc4n(-c4cccc(-c5cc6ccccc6c6ccccc56)c4)c23)cc1. The zero-order valence-corrected chi connectivity index (χ0v) is 26.2. The van der Waals surface area contributed by atoms with Gasteiger partial charge in [0, 0.05) is 39.3 Å². The van der Waals surface area contributed by atoms with Crippen LogP contribution in [0.15, 0.2) is 182 Å². The monoisotopic (exact) mass is 610 g/mol. The fourth-order valence-electron chi connectivity index (χ4n) is 7.78. The van der Waals surface area contributed by atoms with Gasteiger partial charge in [0.15, 0.2) is 0 Å². The van der Waals surface area contributed by atoms with E-state index in [2.05, 4.69) is 191 Å². The minimum Gasteiger partial charge on any atom is -0.314 e. The third kappa shape index (κ3) is 4.00. The molecule has 48 heavy (non-hydrogen) atoms. The molecular formula is C46H30N2. The predicted octanol–water partition coefficient (Wildman–Crippen LogP) is 12.4. The minimum atomic E-state index is 1.14. The minimum absolute atomic E-state index is 1.14. The van der Waals surface area contributed by atoms with E-state index < -0.39 is 0 Å². The van der Waals surface area contributed by atoms with Crippen molar-refractivity contribution in [1.29, 1.82) is 0 Å². The van der Waals surface area contributed by atoms with E-state index in [-0.39, 0.29) is 0 Å². The van der Waals surface area contributed by atoms with Gasteiger partial charge in [-0.15, -0.1) is 0 Å². The zero-order chi connectivity index (χ0) is 31.6. The second-order valence-corrected chi connectivity index (χ2v) is 12.6. The fraction of sp³-hybridized carbons (Fsp3) is 0. The lowest BCUT2D eigenvalue weighted by atomic mass is 9.93. The summed E-state index contributed by atoms with van der Waals surface area (Å²) in [7, 11) is 0. The van der Waals surface area contributed by atoms with E-state index in [9.17, 15) is 0 Å². The summed E-state index contributed by atoms with van der Waals surface area (Å²) in [5.41, 5.74) is 10.8. The summed E-state index contributed by atoms with van der Waals surface area (Å²) in [4.78, 5) is 0. The Morgan fingerprint density at radius 2 is 0.958 bits per heavy atom. The van der Waals surface area contributed by atoms with Crippen molar-refractivity contribution in [3.63, 3.8) is 0 Å². The molecule has 0 radical (unpaired) electrons. The van der Waals surface area contributed by atoms with Gasteiger partial charge in [-0.25, -0.2) is 0 Å². The van der Waals surface area contributed by atoms with E-state index in [0.29, 0.717) is 0 Å². The maximum Gasteiger partial charge on any atom is 0.0788 e. The second-order valence-electron chi connectivity index (χ2n) is 12.6. The first-order valence-corrected chi connectivity index (χ1v) is 16.5. The smallest absolute Gasteiger partial charge is 0.0788 e. The van der Waals surface area contributed by atoms with Gasteiger partial charge in [0.25, 0.3) is 0 Å². The van der Waals surface area contributed by atoms with Gasteiger partial charge in [-0.2, -0.15) is 0 Å². The van der Waals surface area contributed by atoms with Gasteiger partial charge in [0.05, 0.1) is 16.6 Å². The van der Waals surface area contributed by atoms with Crippen LogP contribution in [0, 0.1) is 0 Å². The highest BCUT2D eigenvalue weighted by atomic mass is 15.0. The first kappa shape index (κ1) is 26.8. The second kappa shape index (κ2) is 10.6. The van der Waals surface area contributed by atoms with Crippen LogP contribution in [0.5, 0.6) is 0 Å². The lowest BCUT2D eigenvalue weighted by Gasteiger charge is -2.15. The lowest BCUT2D eigenvalue weighted by Crippen LogP contribution is -1.98. The van der Waals surface area contributed by atoms with Gasteiger partial charge in [-0.1, -0.05) is 140 Å². The Balaban J connectivity index is 1.31. The molecule has 10 rings (SSSR count). The summed E-state index contributed by atoms with van der Waals surface area (Å²) in [6.07, 6.45) is 2.31. The van der Waals surface area contributed by atoms with Crippen molar-refractivity contribution in [3.8, 4) is 33.6 Å². The van der Waals surface area contributed by atoms with E-state index in [1.807, 2.05) is 0 Å². The van der Waals surface area contributed by atoms with Crippen LogP contribution in [0.3, 0.4) is 0 Å². The number of para-hydroxylation sites is 2. The summed E-state index contributed by atoms with van der Waals surface area (Å²) in [6, 6.07) is 63.9. The van der Waals surface area contributed by atoms with Crippen molar-refractivity contribution < 1.29 is 0 Å². The van der Waals surface area contributed by atoms with Gasteiger partial charge in [-0.3, -0.25) is 0 Å². The van der Waals surface area contributed by atoms with Crippen LogP contribution in [0.2, 0.25) is 0 Å². The molecule has 2 aromatic heterocycles. The summed E-state index contributed by atoms with van der Waals surface area (Å²) < 4.78 is 4.87. The molecule has 0 saturated heterocycles. The van der Waals surface area contributed by atoms with Crippen molar-refractivity contribution >= 4 is 54.3 Å². The molecule has 0 unspecified atom stereocenters. The van der Waals surface area contributed by atoms with Crippen LogP contribution in [0.25, 0.3) is 87.9 Å². The Morgan fingerprint density at radius 1 is 0.333 bits per heavy atom. The lowest BCUT2D eigenvalue weighted by molar-refractivity contribution is 1.12. The number of nitrogens with zero attached hydrogens (tertiary/aromatic N) is 2. The van der Waals surface area contributed by atoms with E-state index in [0.717, 1.165) is 11.4 Å². The number of fused-ring (bicyclic) bond motifs is 8. The molecule has 224 valence electrons. The first-order chi connectivity index (χ1) is 23.8. The normalized spacial score (nSPS) is 11.8. The van der Waals surface area contributed by atoms with Gasteiger partial charge in [0.2, 0.25) is 0 Å². The van der Waals surface area contributed by atoms with Crippen LogP contribution in [-0.2, 0) is 0 Å². The summed E-state index contributed by atoms with van der Waals surface area (Å²) in [6.45, 7) is 0. The third-order valence-corrected chi connectivity index (χ3v) is 9.90.